The Balaban J connectivity index is 1.70. The highest BCUT2D eigenvalue weighted by Crippen LogP contribution is 2.23. The maximum absolute atomic E-state index is 9.11. The quantitative estimate of drug-likeness (QED) is 0.406. The Morgan fingerprint density at radius 3 is 2.59 bits per heavy atom. The molecule has 0 unspecified atom stereocenters. The van der Waals surface area contributed by atoms with Gasteiger partial charge < -0.3 is 4.42 Å². The van der Waals surface area contributed by atoms with Crippen LogP contribution in [0.15, 0.2) is 70.3 Å². The highest BCUT2D eigenvalue weighted by atomic mass is 16.4. The van der Waals surface area contributed by atoms with Crippen LogP contribution in [-0.4, -0.2) is 21.0 Å². The zero-order valence-electron chi connectivity index (χ0n) is 16.0. The van der Waals surface area contributed by atoms with Gasteiger partial charge in [-0.25, -0.2) is 15.1 Å². The summed E-state index contributed by atoms with van der Waals surface area (Å²) >= 11 is 0. The first-order chi connectivity index (χ1) is 14.1. The van der Waals surface area contributed by atoms with Gasteiger partial charge in [-0.2, -0.15) is 15.5 Å². The first-order valence-corrected chi connectivity index (χ1v) is 9.03. The van der Waals surface area contributed by atoms with E-state index in [1.54, 1.807) is 13.1 Å². The Morgan fingerprint density at radius 1 is 1.10 bits per heavy atom. The van der Waals surface area contributed by atoms with Crippen LogP contribution in [-0.2, 0) is 0 Å². The van der Waals surface area contributed by atoms with E-state index in [2.05, 4.69) is 15.5 Å². The minimum absolute atomic E-state index is 0.165. The molecule has 0 saturated carbocycles. The van der Waals surface area contributed by atoms with Gasteiger partial charge in [-0.15, -0.1) is 0 Å². The SMILES string of the molecule is Cc1ccc(-c2nn(-c3ccccc3)cc2/C=N/Nc2oc(C)nc2C#N)cc1. The second-order valence-electron chi connectivity index (χ2n) is 6.47. The number of aryl methyl sites for hydroxylation is 2. The lowest BCUT2D eigenvalue weighted by Crippen LogP contribution is -1.93. The fraction of sp³-hybridized carbons (Fsp3) is 0.0909. The molecule has 2 aromatic carbocycles. The van der Waals surface area contributed by atoms with E-state index in [1.165, 1.54) is 5.56 Å². The van der Waals surface area contributed by atoms with E-state index in [-0.39, 0.29) is 11.6 Å². The molecule has 4 rings (SSSR count). The van der Waals surface area contributed by atoms with Gasteiger partial charge >= 0.3 is 0 Å². The summed E-state index contributed by atoms with van der Waals surface area (Å²) in [5.74, 6) is 0.616. The predicted octanol–water partition coefficient (Wildman–Crippen LogP) is 4.46. The summed E-state index contributed by atoms with van der Waals surface area (Å²) in [6.07, 6.45) is 3.56. The van der Waals surface area contributed by atoms with Crippen LogP contribution in [0.1, 0.15) is 22.7 Å². The summed E-state index contributed by atoms with van der Waals surface area (Å²) in [5, 5.41) is 18.1. The Labute approximate surface area is 167 Å². The molecule has 2 heterocycles. The third-order valence-corrected chi connectivity index (χ3v) is 4.30. The van der Waals surface area contributed by atoms with Gasteiger partial charge in [-0.05, 0) is 19.1 Å². The average molecular weight is 382 g/mol. The normalized spacial score (nSPS) is 10.9. The molecular weight excluding hydrogens is 364 g/mol. The van der Waals surface area contributed by atoms with E-state index in [1.807, 2.05) is 78.5 Å². The summed E-state index contributed by atoms with van der Waals surface area (Å²) in [5.41, 5.74) is 7.65. The topological polar surface area (TPSA) is 92.0 Å². The van der Waals surface area contributed by atoms with Crippen LogP contribution in [0.2, 0.25) is 0 Å². The number of hydrogen-bond donors (Lipinski definition) is 1. The summed E-state index contributed by atoms with van der Waals surface area (Å²) in [6, 6.07) is 20.0. The van der Waals surface area contributed by atoms with Gasteiger partial charge in [0, 0.05) is 24.2 Å². The van der Waals surface area contributed by atoms with Gasteiger partial charge in [0.25, 0.3) is 5.88 Å². The molecule has 29 heavy (non-hydrogen) atoms. The number of nitrogens with one attached hydrogen (secondary N) is 1. The molecule has 4 aromatic rings. The standard InChI is InChI=1S/C22H18N6O/c1-15-8-10-17(11-9-15)21-18(14-28(27-21)19-6-4-3-5-7-19)13-24-26-22-20(12-23)25-16(2)29-22/h3-11,13-14,26H,1-2H3/b24-13+. The van der Waals surface area contributed by atoms with Gasteiger partial charge in [0.2, 0.25) is 5.69 Å². The minimum atomic E-state index is 0.165. The highest BCUT2D eigenvalue weighted by Gasteiger charge is 2.12. The number of anilines is 1. The number of hydrogen-bond acceptors (Lipinski definition) is 6. The van der Waals surface area contributed by atoms with Crippen molar-refractivity contribution in [3.8, 4) is 23.0 Å². The molecule has 7 nitrogen and oxygen atoms in total. The van der Waals surface area contributed by atoms with E-state index in [0.29, 0.717) is 5.89 Å². The van der Waals surface area contributed by atoms with Gasteiger partial charge in [-0.3, -0.25) is 0 Å². The van der Waals surface area contributed by atoms with Crippen molar-refractivity contribution in [1.29, 1.82) is 5.26 Å². The molecule has 1 N–H and O–H groups in total. The number of oxazole rings is 1. The summed E-state index contributed by atoms with van der Waals surface area (Å²) in [7, 11) is 0. The number of hydrazone groups is 1. The zero-order valence-corrected chi connectivity index (χ0v) is 16.0. The molecule has 142 valence electrons. The number of para-hydroxylation sites is 1. The van der Waals surface area contributed by atoms with Crippen molar-refractivity contribution in [3.05, 3.63) is 83.5 Å². The maximum atomic E-state index is 9.11. The Kier molecular flexibility index (Phi) is 4.91. The molecular formula is C22H18N6O. The van der Waals surface area contributed by atoms with Crippen molar-refractivity contribution >= 4 is 12.1 Å². The van der Waals surface area contributed by atoms with E-state index in [4.69, 9.17) is 14.8 Å². The van der Waals surface area contributed by atoms with Gasteiger partial charge in [0.15, 0.2) is 5.89 Å². The Morgan fingerprint density at radius 2 is 1.86 bits per heavy atom. The van der Waals surface area contributed by atoms with E-state index >= 15 is 0 Å². The fourth-order valence-electron chi connectivity index (χ4n) is 2.87. The van der Waals surface area contributed by atoms with Crippen LogP contribution in [0.25, 0.3) is 16.9 Å². The smallest absolute Gasteiger partial charge is 0.252 e. The number of rotatable bonds is 5. The number of nitrogens with zero attached hydrogens (tertiary/aromatic N) is 5. The van der Waals surface area contributed by atoms with Crippen molar-refractivity contribution < 1.29 is 4.42 Å². The third kappa shape index (κ3) is 3.92. The second kappa shape index (κ2) is 7.82. The van der Waals surface area contributed by atoms with Crippen molar-refractivity contribution in [2.75, 3.05) is 5.43 Å². The molecule has 7 heteroatoms. The monoisotopic (exact) mass is 382 g/mol. The summed E-state index contributed by atoms with van der Waals surface area (Å²) < 4.78 is 7.18. The lowest BCUT2D eigenvalue weighted by Gasteiger charge is -2.01. The molecule has 2 aromatic heterocycles. The van der Waals surface area contributed by atoms with Crippen LogP contribution in [0.3, 0.4) is 0 Å². The van der Waals surface area contributed by atoms with Crippen molar-refractivity contribution in [3.63, 3.8) is 0 Å². The van der Waals surface area contributed by atoms with E-state index in [0.717, 1.165) is 22.5 Å². The van der Waals surface area contributed by atoms with Crippen molar-refractivity contribution in [2.45, 2.75) is 13.8 Å². The molecule has 0 bridgehead atoms. The first kappa shape index (κ1) is 18.2. The fourth-order valence-corrected chi connectivity index (χ4v) is 2.87. The van der Waals surface area contributed by atoms with E-state index < -0.39 is 0 Å². The maximum Gasteiger partial charge on any atom is 0.252 e. The Hall–Kier alpha value is -4.18. The van der Waals surface area contributed by atoms with Gasteiger partial charge in [-0.1, -0.05) is 48.0 Å². The molecule has 0 radical (unpaired) electrons. The predicted molar refractivity (Wildman–Crippen MR) is 111 cm³/mol. The molecule has 0 aliphatic carbocycles. The van der Waals surface area contributed by atoms with Crippen molar-refractivity contribution in [2.24, 2.45) is 5.10 Å². The molecule has 0 atom stereocenters. The van der Waals surface area contributed by atoms with Crippen LogP contribution in [0, 0.1) is 25.2 Å². The Bertz CT molecular complexity index is 1200. The van der Waals surface area contributed by atoms with Crippen LogP contribution < -0.4 is 5.43 Å². The van der Waals surface area contributed by atoms with Crippen molar-refractivity contribution in [1.82, 2.24) is 14.8 Å². The zero-order chi connectivity index (χ0) is 20.2. The van der Waals surface area contributed by atoms with Gasteiger partial charge in [0.05, 0.1) is 11.9 Å². The lowest BCUT2D eigenvalue weighted by molar-refractivity contribution is 0.533. The number of benzene rings is 2. The van der Waals surface area contributed by atoms with Crippen LogP contribution >= 0.6 is 0 Å². The highest BCUT2D eigenvalue weighted by molar-refractivity contribution is 5.89. The average Bonchev–Trinajstić information content (AvgIpc) is 3.32. The summed E-state index contributed by atoms with van der Waals surface area (Å²) in [6.45, 7) is 3.72. The first-order valence-electron chi connectivity index (χ1n) is 9.03. The molecule has 0 fully saturated rings. The number of nitriles is 1. The molecule has 0 saturated heterocycles. The lowest BCUT2D eigenvalue weighted by atomic mass is 10.1. The molecule has 0 aliphatic rings. The van der Waals surface area contributed by atoms with Gasteiger partial charge in [0.1, 0.15) is 11.8 Å². The van der Waals surface area contributed by atoms with E-state index in [9.17, 15) is 0 Å². The summed E-state index contributed by atoms with van der Waals surface area (Å²) in [4.78, 5) is 3.99. The minimum Gasteiger partial charge on any atom is -0.422 e. The second-order valence-corrected chi connectivity index (χ2v) is 6.47. The number of aromatic nitrogens is 3. The molecule has 0 amide bonds. The molecule has 0 spiro atoms. The van der Waals surface area contributed by atoms with Crippen LogP contribution in [0.4, 0.5) is 5.88 Å². The largest absolute Gasteiger partial charge is 0.422 e. The third-order valence-electron chi connectivity index (χ3n) is 4.30. The van der Waals surface area contributed by atoms with Crippen LogP contribution in [0.5, 0.6) is 0 Å². The molecule has 0 aliphatic heterocycles.